The van der Waals surface area contributed by atoms with Crippen LogP contribution in [0.1, 0.15) is 47.0 Å². The minimum absolute atomic E-state index is 0.0313. The third kappa shape index (κ3) is 2.33. The van der Waals surface area contributed by atoms with Gasteiger partial charge in [-0.25, -0.2) is 4.79 Å². The van der Waals surface area contributed by atoms with Crippen LogP contribution < -0.4 is 0 Å². The van der Waals surface area contributed by atoms with E-state index in [4.69, 9.17) is 10.2 Å². The van der Waals surface area contributed by atoms with E-state index < -0.39 is 12.1 Å². The molecule has 0 aromatic carbocycles. The maximum atomic E-state index is 9.81. The summed E-state index contributed by atoms with van der Waals surface area (Å²) in [4.78, 5) is 9.45. The lowest BCUT2D eigenvalue weighted by Crippen LogP contribution is -2.35. The van der Waals surface area contributed by atoms with Gasteiger partial charge in [0.15, 0.2) is 0 Å². The second kappa shape index (κ2) is 4.58. The van der Waals surface area contributed by atoms with Gasteiger partial charge >= 0.3 is 5.97 Å². The van der Waals surface area contributed by atoms with Crippen LogP contribution in [0.5, 0.6) is 0 Å². The van der Waals surface area contributed by atoms with Gasteiger partial charge < -0.3 is 15.3 Å². The molecule has 0 saturated heterocycles. The van der Waals surface area contributed by atoms with E-state index in [1.165, 1.54) is 19.8 Å². The Bertz CT molecular complexity index is 298. The zero-order valence-electron chi connectivity index (χ0n) is 11.1. The maximum absolute atomic E-state index is 9.81. The highest BCUT2D eigenvalue weighted by Gasteiger charge is 2.60. The second-order valence-corrected chi connectivity index (χ2v) is 6.14. The van der Waals surface area contributed by atoms with Crippen LogP contribution in [-0.2, 0) is 4.79 Å². The molecular weight excluding hydrogens is 220 g/mol. The van der Waals surface area contributed by atoms with E-state index in [2.05, 4.69) is 20.8 Å². The molecule has 2 saturated carbocycles. The Balaban J connectivity index is 0.000000209. The first-order valence-corrected chi connectivity index (χ1v) is 6.22. The van der Waals surface area contributed by atoms with E-state index >= 15 is 0 Å². The van der Waals surface area contributed by atoms with Crippen LogP contribution in [0, 0.1) is 16.7 Å². The van der Waals surface area contributed by atoms with Crippen molar-refractivity contribution in [1.29, 1.82) is 0 Å². The molecule has 3 N–H and O–H groups in total. The van der Waals surface area contributed by atoms with Crippen LogP contribution in [0.15, 0.2) is 0 Å². The predicted molar refractivity (Wildman–Crippen MR) is 64.6 cm³/mol. The van der Waals surface area contributed by atoms with Gasteiger partial charge in [0, 0.05) is 0 Å². The SMILES string of the molecule is CC(O)C(=O)O.CC1(C)[C@@H]2CC[C@]1(C)[C@@H](O)C2. The average Bonchev–Trinajstić information content (AvgIpc) is 2.51. The fourth-order valence-corrected chi connectivity index (χ4v) is 3.16. The molecule has 4 nitrogen and oxygen atoms in total. The first-order valence-electron chi connectivity index (χ1n) is 6.22. The zero-order valence-corrected chi connectivity index (χ0v) is 11.1. The number of hydrogen-bond acceptors (Lipinski definition) is 3. The highest BCUT2D eigenvalue weighted by molar-refractivity contribution is 5.71. The van der Waals surface area contributed by atoms with Gasteiger partial charge in [0.25, 0.3) is 0 Å². The molecular formula is C13H24O4. The molecule has 0 aromatic heterocycles. The molecule has 2 aliphatic rings. The molecule has 4 atom stereocenters. The fourth-order valence-electron chi connectivity index (χ4n) is 3.16. The first kappa shape index (κ1) is 14.5. The molecule has 17 heavy (non-hydrogen) atoms. The van der Waals surface area contributed by atoms with E-state index in [-0.39, 0.29) is 11.5 Å². The molecule has 0 spiro atoms. The molecule has 0 amide bonds. The summed E-state index contributed by atoms with van der Waals surface area (Å²) in [5, 5.41) is 25.6. The monoisotopic (exact) mass is 244 g/mol. The van der Waals surface area contributed by atoms with Crippen molar-refractivity contribution in [1.82, 2.24) is 0 Å². The Kier molecular flexibility index (Phi) is 3.89. The fraction of sp³-hybridized carbons (Fsp3) is 0.923. The molecule has 2 bridgehead atoms. The molecule has 0 radical (unpaired) electrons. The number of hydrogen-bond donors (Lipinski definition) is 3. The van der Waals surface area contributed by atoms with E-state index in [0.717, 1.165) is 12.3 Å². The van der Waals surface area contributed by atoms with Crippen molar-refractivity contribution < 1.29 is 20.1 Å². The third-order valence-corrected chi connectivity index (χ3v) is 5.11. The molecule has 1 unspecified atom stereocenters. The molecule has 0 aliphatic heterocycles. The number of aliphatic carboxylic acids is 1. The molecule has 0 heterocycles. The Hall–Kier alpha value is -0.610. The first-order chi connectivity index (χ1) is 7.63. The number of carbonyl (C=O) groups is 1. The van der Waals surface area contributed by atoms with Crippen molar-refractivity contribution in [2.75, 3.05) is 0 Å². The largest absolute Gasteiger partial charge is 0.479 e. The maximum Gasteiger partial charge on any atom is 0.332 e. The number of carboxylic acids is 1. The summed E-state index contributed by atoms with van der Waals surface area (Å²) >= 11 is 0. The average molecular weight is 244 g/mol. The van der Waals surface area contributed by atoms with E-state index in [1.54, 1.807) is 0 Å². The van der Waals surface area contributed by atoms with Crippen LogP contribution in [0.4, 0.5) is 0 Å². The van der Waals surface area contributed by atoms with Crippen LogP contribution in [0.25, 0.3) is 0 Å². The molecule has 4 heteroatoms. The van der Waals surface area contributed by atoms with Crippen molar-refractivity contribution in [3.8, 4) is 0 Å². The number of rotatable bonds is 1. The Morgan fingerprint density at radius 1 is 1.35 bits per heavy atom. The quantitative estimate of drug-likeness (QED) is 0.655. The van der Waals surface area contributed by atoms with Gasteiger partial charge in [-0.15, -0.1) is 0 Å². The van der Waals surface area contributed by atoms with E-state index in [0.29, 0.717) is 5.41 Å². The summed E-state index contributed by atoms with van der Waals surface area (Å²) in [5.74, 6) is -0.405. The highest BCUT2D eigenvalue weighted by Crippen LogP contribution is 2.65. The lowest BCUT2D eigenvalue weighted by molar-refractivity contribution is -0.145. The van der Waals surface area contributed by atoms with Crippen LogP contribution in [0.3, 0.4) is 0 Å². The van der Waals surface area contributed by atoms with Crippen molar-refractivity contribution in [3.63, 3.8) is 0 Å². The van der Waals surface area contributed by atoms with E-state index in [9.17, 15) is 9.90 Å². The normalized spacial score (nSPS) is 39.4. The number of carboxylic acid groups (broad SMARTS) is 1. The summed E-state index contributed by atoms with van der Waals surface area (Å²) in [6.07, 6.45) is 2.34. The van der Waals surface area contributed by atoms with Crippen molar-refractivity contribution in [3.05, 3.63) is 0 Å². The second-order valence-electron chi connectivity index (χ2n) is 6.14. The van der Waals surface area contributed by atoms with Crippen LogP contribution in [-0.4, -0.2) is 33.5 Å². The van der Waals surface area contributed by atoms with Crippen molar-refractivity contribution in [2.24, 2.45) is 16.7 Å². The van der Waals surface area contributed by atoms with Gasteiger partial charge in [-0.2, -0.15) is 0 Å². The summed E-state index contributed by atoms with van der Waals surface area (Å²) < 4.78 is 0. The molecule has 2 rings (SSSR count). The standard InChI is InChI=1S/C10H18O.C3H6O3/c1-9(2)7-4-5-10(9,3)8(11)6-7;1-2(4)3(5)6/h7-8,11H,4-6H2,1-3H3;2,4H,1H3,(H,5,6)/t7-,8+,10-;/m1./s1. The number of aliphatic hydroxyl groups excluding tert-OH is 2. The molecule has 2 aliphatic carbocycles. The minimum atomic E-state index is -1.23. The Morgan fingerprint density at radius 3 is 1.94 bits per heavy atom. The smallest absolute Gasteiger partial charge is 0.332 e. The van der Waals surface area contributed by atoms with Gasteiger partial charge in [0.2, 0.25) is 0 Å². The zero-order chi connectivity index (χ0) is 13.4. The summed E-state index contributed by atoms with van der Waals surface area (Å²) in [6, 6.07) is 0. The molecule has 0 aromatic rings. The van der Waals surface area contributed by atoms with Crippen LogP contribution >= 0.6 is 0 Å². The Morgan fingerprint density at radius 2 is 1.82 bits per heavy atom. The van der Waals surface area contributed by atoms with Gasteiger partial charge in [-0.3, -0.25) is 0 Å². The summed E-state index contributed by atoms with van der Waals surface area (Å²) in [6.45, 7) is 8.09. The lowest BCUT2D eigenvalue weighted by atomic mass is 9.70. The highest BCUT2D eigenvalue weighted by atomic mass is 16.4. The number of fused-ring (bicyclic) bond motifs is 2. The Labute approximate surface area is 103 Å². The number of aliphatic hydroxyl groups is 2. The van der Waals surface area contributed by atoms with Crippen molar-refractivity contribution >= 4 is 5.97 Å². The summed E-state index contributed by atoms with van der Waals surface area (Å²) in [5.41, 5.74) is 0.601. The minimum Gasteiger partial charge on any atom is -0.479 e. The lowest BCUT2D eigenvalue weighted by Gasteiger charge is -2.36. The third-order valence-electron chi connectivity index (χ3n) is 5.11. The molecule has 100 valence electrons. The predicted octanol–water partition coefficient (Wildman–Crippen LogP) is 1.65. The van der Waals surface area contributed by atoms with Crippen molar-refractivity contribution in [2.45, 2.75) is 59.2 Å². The van der Waals surface area contributed by atoms with Gasteiger partial charge in [0.1, 0.15) is 6.10 Å². The van der Waals surface area contributed by atoms with E-state index in [1.807, 2.05) is 0 Å². The van der Waals surface area contributed by atoms with Gasteiger partial charge in [-0.1, -0.05) is 20.8 Å². The van der Waals surface area contributed by atoms with Gasteiger partial charge in [0.05, 0.1) is 6.10 Å². The van der Waals surface area contributed by atoms with Crippen LogP contribution in [0.2, 0.25) is 0 Å². The van der Waals surface area contributed by atoms with Gasteiger partial charge in [-0.05, 0) is 42.9 Å². The molecule has 2 fully saturated rings. The topological polar surface area (TPSA) is 77.8 Å². The summed E-state index contributed by atoms with van der Waals surface area (Å²) in [7, 11) is 0.